The number of hydrogen-bond donors (Lipinski definition) is 6. The maximum atomic E-state index is 13.5. The fourth-order valence-electron chi connectivity index (χ4n) is 11.1. The number of nitrogens with one attached hydrogen (secondary N) is 1. The van der Waals surface area contributed by atoms with E-state index in [1.54, 1.807) is 6.08 Å². The van der Waals surface area contributed by atoms with Gasteiger partial charge >= 0.3 is 5.97 Å². The first-order chi connectivity index (χ1) is 42.7. The van der Waals surface area contributed by atoms with Crippen molar-refractivity contribution in [1.82, 2.24) is 5.32 Å². The van der Waals surface area contributed by atoms with Gasteiger partial charge in [0.1, 0.15) is 24.4 Å². The Morgan fingerprint density at radius 3 is 1.24 bits per heavy atom. The summed E-state index contributed by atoms with van der Waals surface area (Å²) in [5.41, 5.74) is 0. The molecule has 1 amide bonds. The molecule has 1 aliphatic rings. The summed E-state index contributed by atoms with van der Waals surface area (Å²) in [6, 6.07) is -1.03. The second-order valence-electron chi connectivity index (χ2n) is 24.9. The van der Waals surface area contributed by atoms with Gasteiger partial charge in [0.05, 0.1) is 25.4 Å². The zero-order valence-electron chi connectivity index (χ0n) is 56.1. The molecule has 11 nitrogen and oxygen atoms in total. The zero-order valence-corrected chi connectivity index (χ0v) is 56.1. The molecule has 0 aromatic heterocycles. The molecule has 1 fully saturated rings. The molecule has 0 saturated carbocycles. The summed E-state index contributed by atoms with van der Waals surface area (Å²) in [5.74, 6) is -1.20. The van der Waals surface area contributed by atoms with Crippen LogP contribution in [0.5, 0.6) is 0 Å². The van der Waals surface area contributed by atoms with E-state index in [0.717, 1.165) is 109 Å². The van der Waals surface area contributed by atoms with Crippen LogP contribution in [0.15, 0.2) is 85.1 Å². The van der Waals surface area contributed by atoms with Crippen LogP contribution < -0.4 is 5.32 Å². The van der Waals surface area contributed by atoms with Crippen LogP contribution in [-0.2, 0) is 23.8 Å². The molecule has 1 aliphatic heterocycles. The van der Waals surface area contributed by atoms with E-state index in [1.165, 1.54) is 167 Å². The molecule has 0 spiro atoms. The summed E-state index contributed by atoms with van der Waals surface area (Å²) in [7, 11) is 0. The van der Waals surface area contributed by atoms with Gasteiger partial charge in [-0.15, -0.1) is 0 Å². The standard InChI is InChI=1S/C76H135NO10/c1-4-7-10-13-16-19-22-24-26-28-30-32-33-34-35-36-37-38-40-42-44-46-49-52-55-58-61-64-71(81)87-74-73(83)72(82)70(65-78)86-76(74)85-66-67(68(79)62-59-56-53-50-47-21-18-15-12-9-6-3)77-75(84)69(80)63-60-57-54-51-48-45-43-41-39-31-29-27-25-23-20-17-14-11-8-5-2/h7,10,16,19,24,26,30,32,34-35,37-38,59,62,67-70,72-74,76,78-80,82-83H,4-6,8-9,11-15,17-18,20-23,25,27-29,31,33,36,39-58,60-61,63-66H2,1-3H3,(H,77,84)/b10-7-,19-16-,26-24-,32-30-,35-34-,38-37-,62-59+. The van der Waals surface area contributed by atoms with Crippen molar-refractivity contribution < 1.29 is 49.3 Å². The third-order valence-electron chi connectivity index (χ3n) is 16.8. The number of rotatable bonds is 62. The van der Waals surface area contributed by atoms with Gasteiger partial charge in [-0.1, -0.05) is 324 Å². The minimum atomic E-state index is -1.62. The van der Waals surface area contributed by atoms with E-state index in [-0.39, 0.29) is 13.0 Å². The molecular formula is C76H135NO10. The van der Waals surface area contributed by atoms with Gasteiger partial charge in [0.2, 0.25) is 5.91 Å². The number of unbranched alkanes of at least 4 members (excludes halogenated alkanes) is 36. The van der Waals surface area contributed by atoms with Crippen molar-refractivity contribution in [3.05, 3.63) is 85.1 Å². The Labute approximate surface area is 533 Å². The number of amides is 1. The van der Waals surface area contributed by atoms with Crippen LogP contribution in [0.25, 0.3) is 0 Å². The molecule has 11 heteroatoms. The van der Waals surface area contributed by atoms with Crippen molar-refractivity contribution in [1.29, 1.82) is 0 Å². The van der Waals surface area contributed by atoms with E-state index in [4.69, 9.17) is 14.2 Å². The Morgan fingerprint density at radius 2 is 0.828 bits per heavy atom. The van der Waals surface area contributed by atoms with E-state index in [1.807, 2.05) is 6.08 Å². The van der Waals surface area contributed by atoms with E-state index in [0.29, 0.717) is 19.3 Å². The summed E-state index contributed by atoms with van der Waals surface area (Å²) in [5, 5.41) is 57.2. The van der Waals surface area contributed by atoms with Gasteiger partial charge in [-0.25, -0.2) is 0 Å². The van der Waals surface area contributed by atoms with E-state index in [2.05, 4.69) is 99.0 Å². The summed E-state index contributed by atoms with van der Waals surface area (Å²) < 4.78 is 17.7. The van der Waals surface area contributed by atoms with Gasteiger partial charge in [-0.05, 0) is 77.0 Å². The van der Waals surface area contributed by atoms with Crippen LogP contribution in [-0.4, -0.2) is 99.6 Å². The lowest BCUT2D eigenvalue weighted by Crippen LogP contribution is -2.61. The van der Waals surface area contributed by atoms with Crippen molar-refractivity contribution >= 4 is 11.9 Å². The van der Waals surface area contributed by atoms with E-state index >= 15 is 0 Å². The summed E-state index contributed by atoms with van der Waals surface area (Å²) in [6.45, 7) is 5.70. The quantitative estimate of drug-likeness (QED) is 0.0195. The van der Waals surface area contributed by atoms with Crippen LogP contribution >= 0.6 is 0 Å². The van der Waals surface area contributed by atoms with Crippen LogP contribution in [0.1, 0.15) is 323 Å². The SMILES string of the molecule is CC/C=C\C/C=C\C/C=C\C/C=C\C/C=C\C/C=C\CCCCCCCCCCC(=O)OC1C(OCC(NC(=O)C(O)CCCCCCCCCCCCCCCCCCCCCC)C(O)/C=C/CCCCCCCCCCC)OC(CO)C(O)C1O. The topological polar surface area (TPSA) is 175 Å². The molecule has 1 rings (SSSR count). The molecular weight excluding hydrogens is 1090 g/mol. The molecule has 1 saturated heterocycles. The summed E-state index contributed by atoms with van der Waals surface area (Å²) in [4.78, 5) is 26.7. The summed E-state index contributed by atoms with van der Waals surface area (Å²) in [6.07, 6.45) is 73.4. The molecule has 8 atom stereocenters. The Morgan fingerprint density at radius 1 is 0.460 bits per heavy atom. The first kappa shape index (κ1) is 81.9. The highest BCUT2D eigenvalue weighted by Gasteiger charge is 2.47. The smallest absolute Gasteiger partial charge is 0.306 e. The van der Waals surface area contributed by atoms with Crippen LogP contribution in [0.4, 0.5) is 0 Å². The fourth-order valence-corrected chi connectivity index (χ4v) is 11.1. The fraction of sp³-hybridized carbons (Fsp3) is 0.789. The highest BCUT2D eigenvalue weighted by Crippen LogP contribution is 2.26. The minimum Gasteiger partial charge on any atom is -0.454 e. The van der Waals surface area contributed by atoms with Crippen molar-refractivity contribution in [2.45, 2.75) is 372 Å². The molecule has 0 aromatic carbocycles. The monoisotopic (exact) mass is 1220 g/mol. The lowest BCUT2D eigenvalue weighted by molar-refractivity contribution is -0.305. The number of esters is 1. The number of aliphatic hydroxyl groups excluding tert-OH is 5. The number of carbonyl (C=O) groups is 2. The number of aliphatic hydroxyl groups is 5. The van der Waals surface area contributed by atoms with E-state index in [9.17, 15) is 35.1 Å². The van der Waals surface area contributed by atoms with Gasteiger partial charge in [-0.3, -0.25) is 9.59 Å². The predicted octanol–water partition coefficient (Wildman–Crippen LogP) is 18.8. The molecule has 0 aromatic rings. The normalized spacial score (nSPS) is 18.7. The average Bonchev–Trinajstić information content (AvgIpc) is 2.93. The number of hydrogen-bond acceptors (Lipinski definition) is 10. The summed E-state index contributed by atoms with van der Waals surface area (Å²) >= 11 is 0. The van der Waals surface area contributed by atoms with Gasteiger partial charge in [-0.2, -0.15) is 0 Å². The molecule has 0 bridgehead atoms. The van der Waals surface area contributed by atoms with Crippen molar-refractivity contribution in [3.63, 3.8) is 0 Å². The second-order valence-corrected chi connectivity index (χ2v) is 24.9. The highest BCUT2D eigenvalue weighted by atomic mass is 16.7. The van der Waals surface area contributed by atoms with Gasteiger partial charge in [0.25, 0.3) is 0 Å². The third kappa shape index (κ3) is 50.2. The van der Waals surface area contributed by atoms with Crippen molar-refractivity contribution in [2.24, 2.45) is 0 Å². The lowest BCUT2D eigenvalue weighted by Gasteiger charge is -2.41. The molecule has 87 heavy (non-hydrogen) atoms. The molecule has 6 N–H and O–H groups in total. The second kappa shape index (κ2) is 63.0. The predicted molar refractivity (Wildman–Crippen MR) is 366 cm³/mol. The van der Waals surface area contributed by atoms with Crippen molar-refractivity contribution in [2.75, 3.05) is 13.2 Å². The maximum Gasteiger partial charge on any atom is 0.306 e. The van der Waals surface area contributed by atoms with E-state index < -0.39 is 67.4 Å². The Hall–Kier alpha value is -3.16. The van der Waals surface area contributed by atoms with Crippen LogP contribution in [0, 0.1) is 0 Å². The van der Waals surface area contributed by atoms with Gasteiger partial charge < -0.3 is 45.1 Å². The lowest BCUT2D eigenvalue weighted by atomic mass is 9.99. The van der Waals surface area contributed by atoms with Crippen LogP contribution in [0.3, 0.4) is 0 Å². The first-order valence-electron chi connectivity index (χ1n) is 36.4. The van der Waals surface area contributed by atoms with Gasteiger partial charge in [0, 0.05) is 6.42 Å². The number of allylic oxidation sites excluding steroid dienone is 13. The molecule has 1 heterocycles. The third-order valence-corrected chi connectivity index (χ3v) is 16.8. The average molecular weight is 1220 g/mol. The van der Waals surface area contributed by atoms with Gasteiger partial charge in [0.15, 0.2) is 12.4 Å². The Kier molecular flexibility index (Phi) is 59.3. The first-order valence-corrected chi connectivity index (χ1v) is 36.4. The number of ether oxygens (including phenoxy) is 3. The Balaban J connectivity index is 2.54. The molecule has 8 unspecified atom stereocenters. The van der Waals surface area contributed by atoms with Crippen LogP contribution in [0.2, 0.25) is 0 Å². The maximum absolute atomic E-state index is 13.5. The highest BCUT2D eigenvalue weighted by molar-refractivity contribution is 5.80. The molecule has 0 aliphatic carbocycles. The minimum absolute atomic E-state index is 0.111. The zero-order chi connectivity index (χ0) is 63.1. The largest absolute Gasteiger partial charge is 0.454 e. The molecule has 0 radical (unpaired) electrons. The van der Waals surface area contributed by atoms with Crippen molar-refractivity contribution in [3.8, 4) is 0 Å². The number of carbonyl (C=O) groups excluding carboxylic acids is 2. The Bertz CT molecular complexity index is 1740. The molecule has 504 valence electrons.